The molecule has 0 aromatic carbocycles. The van der Waals surface area contributed by atoms with Gasteiger partial charge in [-0.2, -0.15) is 5.10 Å². The van der Waals surface area contributed by atoms with Crippen LogP contribution in [-0.2, 0) is 5.54 Å². The van der Waals surface area contributed by atoms with Crippen LogP contribution in [0.25, 0.3) is 0 Å². The number of fused-ring (bicyclic) bond motifs is 1. The van der Waals surface area contributed by atoms with Crippen LogP contribution in [0.5, 0.6) is 0 Å². The van der Waals surface area contributed by atoms with Crippen molar-refractivity contribution in [1.29, 1.82) is 0 Å². The molecule has 0 aliphatic carbocycles. The molecule has 0 radical (unpaired) electrons. The Morgan fingerprint density at radius 1 is 1.50 bits per heavy atom. The van der Waals surface area contributed by atoms with Crippen molar-refractivity contribution >= 4 is 22.9 Å². The molecule has 6 heteroatoms. The van der Waals surface area contributed by atoms with Crippen LogP contribution in [0.2, 0.25) is 0 Å². The molecule has 0 saturated heterocycles. The highest BCUT2D eigenvalue weighted by molar-refractivity contribution is 7.11. The molecule has 0 spiro atoms. The molecule has 1 unspecified atom stereocenters. The molecule has 1 aliphatic heterocycles. The number of Topliss-reactive ketones (excluding diaryl/α,β-unsaturated/α-hetero) is 1. The van der Waals surface area contributed by atoms with Crippen molar-refractivity contribution in [2.45, 2.75) is 45.7 Å². The molecular formula is C14H18N4OS. The summed E-state index contributed by atoms with van der Waals surface area (Å²) in [5.74, 6) is 0.845. The second-order valence-corrected chi connectivity index (χ2v) is 7.16. The maximum atomic E-state index is 11.7. The van der Waals surface area contributed by atoms with E-state index in [-0.39, 0.29) is 17.4 Å². The quantitative estimate of drug-likeness (QED) is 0.863. The number of nitrogens with zero attached hydrogens (tertiary/aromatic N) is 3. The molecule has 0 bridgehead atoms. The van der Waals surface area contributed by atoms with Crippen molar-refractivity contribution < 1.29 is 4.79 Å². The van der Waals surface area contributed by atoms with E-state index in [9.17, 15) is 4.79 Å². The van der Waals surface area contributed by atoms with Crippen LogP contribution in [0, 0.1) is 6.92 Å². The fourth-order valence-electron chi connectivity index (χ4n) is 2.69. The van der Waals surface area contributed by atoms with E-state index < -0.39 is 0 Å². The van der Waals surface area contributed by atoms with Gasteiger partial charge < -0.3 is 5.32 Å². The highest BCUT2D eigenvalue weighted by Gasteiger charge is 2.37. The van der Waals surface area contributed by atoms with Gasteiger partial charge in [-0.3, -0.25) is 4.79 Å². The minimum Gasteiger partial charge on any atom is -0.360 e. The number of aromatic nitrogens is 3. The van der Waals surface area contributed by atoms with E-state index in [0.717, 1.165) is 17.2 Å². The first-order valence-corrected chi connectivity index (χ1v) is 7.48. The second-order valence-electron chi connectivity index (χ2n) is 5.90. The predicted molar refractivity (Wildman–Crippen MR) is 79.4 cm³/mol. The zero-order chi connectivity index (χ0) is 14.5. The van der Waals surface area contributed by atoms with Gasteiger partial charge in [-0.15, -0.1) is 11.3 Å². The molecule has 1 atom stereocenters. The van der Waals surface area contributed by atoms with Crippen LogP contribution in [0.15, 0.2) is 12.4 Å². The number of hydrogen-bond donors (Lipinski definition) is 1. The third-order valence-electron chi connectivity index (χ3n) is 3.67. The molecule has 3 rings (SSSR count). The summed E-state index contributed by atoms with van der Waals surface area (Å²) in [6, 6.07) is 0.131. The maximum absolute atomic E-state index is 11.7. The lowest BCUT2D eigenvalue weighted by molar-refractivity contribution is 0.101. The number of carbonyl (C=O) groups is 1. The van der Waals surface area contributed by atoms with Gasteiger partial charge in [-0.05, 0) is 34.1 Å². The van der Waals surface area contributed by atoms with E-state index in [4.69, 9.17) is 0 Å². The lowest BCUT2D eigenvalue weighted by atomic mass is 9.93. The van der Waals surface area contributed by atoms with Crippen LogP contribution in [-0.4, -0.2) is 20.5 Å². The normalized spacial score (nSPS) is 20.3. The molecule has 2 aromatic heterocycles. The molecule has 0 saturated carbocycles. The number of thiazole rings is 1. The Morgan fingerprint density at radius 2 is 2.25 bits per heavy atom. The first kappa shape index (κ1) is 13.3. The Hall–Kier alpha value is -1.69. The monoisotopic (exact) mass is 290 g/mol. The van der Waals surface area contributed by atoms with E-state index in [1.54, 1.807) is 24.5 Å². The summed E-state index contributed by atoms with van der Waals surface area (Å²) in [5, 5.41) is 8.89. The number of ketones is 1. The van der Waals surface area contributed by atoms with Crippen molar-refractivity contribution in [3.8, 4) is 0 Å². The second kappa shape index (κ2) is 4.41. The standard InChI is InChI=1S/C14H18N4OS/c1-8-6-15-13(20-8)11-5-14(3,4)18-12(17-11)10(7-16-18)9(2)19/h6-7,11,17H,5H2,1-4H3. The smallest absolute Gasteiger partial charge is 0.165 e. The number of rotatable bonds is 2. The van der Waals surface area contributed by atoms with Gasteiger partial charge in [0.25, 0.3) is 0 Å². The Morgan fingerprint density at radius 3 is 2.85 bits per heavy atom. The van der Waals surface area contributed by atoms with Crippen molar-refractivity contribution in [3.05, 3.63) is 27.8 Å². The molecule has 0 fully saturated rings. The SMILES string of the molecule is CC(=O)c1cnn2c1NC(c1ncc(C)s1)CC2(C)C. The largest absolute Gasteiger partial charge is 0.360 e. The summed E-state index contributed by atoms with van der Waals surface area (Å²) < 4.78 is 1.92. The van der Waals surface area contributed by atoms with E-state index in [1.807, 2.05) is 10.9 Å². The van der Waals surface area contributed by atoms with Gasteiger partial charge in [0, 0.05) is 11.1 Å². The third kappa shape index (κ3) is 2.04. The average molecular weight is 290 g/mol. The summed E-state index contributed by atoms with van der Waals surface area (Å²) >= 11 is 1.70. The Balaban J connectivity index is 2.05. The van der Waals surface area contributed by atoms with E-state index in [1.165, 1.54) is 4.88 Å². The summed E-state index contributed by atoms with van der Waals surface area (Å²) in [5.41, 5.74) is 0.509. The van der Waals surface area contributed by atoms with Gasteiger partial charge in [0.2, 0.25) is 0 Å². The van der Waals surface area contributed by atoms with Crippen LogP contribution in [0.3, 0.4) is 0 Å². The molecule has 106 valence electrons. The Kier molecular flexibility index (Phi) is 2.93. The van der Waals surface area contributed by atoms with Crippen LogP contribution < -0.4 is 5.32 Å². The highest BCUT2D eigenvalue weighted by atomic mass is 32.1. The van der Waals surface area contributed by atoms with Crippen molar-refractivity contribution in [2.75, 3.05) is 5.32 Å². The number of carbonyl (C=O) groups excluding carboxylic acids is 1. The van der Waals surface area contributed by atoms with Gasteiger partial charge >= 0.3 is 0 Å². The lowest BCUT2D eigenvalue weighted by Gasteiger charge is -2.37. The van der Waals surface area contributed by atoms with Gasteiger partial charge in [0.1, 0.15) is 10.8 Å². The topological polar surface area (TPSA) is 59.8 Å². The van der Waals surface area contributed by atoms with Gasteiger partial charge in [0.15, 0.2) is 5.78 Å². The van der Waals surface area contributed by atoms with Gasteiger partial charge in [-0.1, -0.05) is 0 Å². The summed E-state index contributed by atoms with van der Waals surface area (Å²) in [6.07, 6.45) is 4.44. The summed E-state index contributed by atoms with van der Waals surface area (Å²) in [7, 11) is 0. The molecule has 20 heavy (non-hydrogen) atoms. The van der Waals surface area contributed by atoms with Gasteiger partial charge in [0.05, 0.1) is 23.3 Å². The lowest BCUT2D eigenvalue weighted by Crippen LogP contribution is -2.38. The molecule has 3 heterocycles. The number of aryl methyl sites for hydroxylation is 1. The molecule has 1 aliphatic rings. The molecular weight excluding hydrogens is 272 g/mol. The van der Waals surface area contributed by atoms with Crippen LogP contribution in [0.4, 0.5) is 5.82 Å². The fourth-order valence-corrected chi connectivity index (χ4v) is 3.51. The number of nitrogens with one attached hydrogen (secondary N) is 1. The Labute approximate surface area is 122 Å². The van der Waals surface area contributed by atoms with E-state index in [0.29, 0.717) is 5.56 Å². The molecule has 1 N–H and O–H groups in total. The number of hydrogen-bond acceptors (Lipinski definition) is 5. The van der Waals surface area contributed by atoms with Crippen LogP contribution >= 0.6 is 11.3 Å². The summed E-state index contributed by atoms with van der Waals surface area (Å²) in [6.45, 7) is 7.91. The van der Waals surface area contributed by atoms with Crippen molar-refractivity contribution in [2.24, 2.45) is 0 Å². The van der Waals surface area contributed by atoms with Gasteiger partial charge in [-0.25, -0.2) is 9.67 Å². The summed E-state index contributed by atoms with van der Waals surface area (Å²) in [4.78, 5) is 17.4. The Bertz CT molecular complexity index is 671. The first-order valence-electron chi connectivity index (χ1n) is 6.67. The molecule has 5 nitrogen and oxygen atoms in total. The minimum absolute atomic E-state index is 0.0329. The fraction of sp³-hybridized carbons (Fsp3) is 0.500. The van der Waals surface area contributed by atoms with E-state index in [2.05, 4.69) is 36.2 Å². The maximum Gasteiger partial charge on any atom is 0.165 e. The molecule has 2 aromatic rings. The zero-order valence-corrected chi connectivity index (χ0v) is 12.9. The average Bonchev–Trinajstić information content (AvgIpc) is 2.94. The first-order chi connectivity index (χ1) is 9.38. The third-order valence-corrected chi connectivity index (χ3v) is 4.70. The van der Waals surface area contributed by atoms with E-state index >= 15 is 0 Å². The van der Waals surface area contributed by atoms with Crippen molar-refractivity contribution in [1.82, 2.24) is 14.8 Å². The highest BCUT2D eigenvalue weighted by Crippen LogP contribution is 2.40. The van der Waals surface area contributed by atoms with Crippen LogP contribution in [0.1, 0.15) is 53.5 Å². The minimum atomic E-state index is -0.140. The van der Waals surface area contributed by atoms with Crippen molar-refractivity contribution in [3.63, 3.8) is 0 Å². The zero-order valence-electron chi connectivity index (χ0n) is 12.1. The number of anilines is 1. The molecule has 0 amide bonds. The predicted octanol–water partition coefficient (Wildman–Crippen LogP) is 3.14.